The van der Waals surface area contributed by atoms with Gasteiger partial charge in [0.05, 0.1) is 11.6 Å². The normalized spacial score (nSPS) is 16.4. The molecule has 170 valence electrons. The highest BCUT2D eigenvalue weighted by molar-refractivity contribution is 7.59. The average Bonchev–Trinajstić information content (AvgIpc) is 2.73. The predicted octanol–water partition coefficient (Wildman–Crippen LogP) is 6.08. The molecule has 6 nitrogen and oxygen atoms in total. The van der Waals surface area contributed by atoms with Crippen molar-refractivity contribution in [3.8, 4) is 0 Å². The van der Waals surface area contributed by atoms with E-state index in [9.17, 15) is 24.2 Å². The van der Waals surface area contributed by atoms with E-state index in [0.29, 0.717) is 19.3 Å². The number of hydrogen-bond acceptors (Lipinski definition) is 3. The highest BCUT2D eigenvalue weighted by atomic mass is 31.2. The number of carboxylic acid groups (broad SMARTS) is 2. The van der Waals surface area contributed by atoms with Gasteiger partial charge in [-0.05, 0) is 42.0 Å². The maximum absolute atomic E-state index is 13.9. The lowest BCUT2D eigenvalue weighted by atomic mass is 9.96. The molecule has 0 aliphatic carbocycles. The molecule has 0 saturated carbocycles. The second kappa shape index (κ2) is 11.4. The summed E-state index contributed by atoms with van der Waals surface area (Å²) in [5.74, 6) is -3.13. The first kappa shape index (κ1) is 25.1. The van der Waals surface area contributed by atoms with Gasteiger partial charge in [0.1, 0.15) is 0 Å². The molecule has 0 bridgehead atoms. The van der Waals surface area contributed by atoms with Crippen LogP contribution in [0.5, 0.6) is 0 Å². The van der Waals surface area contributed by atoms with E-state index < -0.39 is 36.5 Å². The van der Waals surface area contributed by atoms with Crippen LogP contribution in [0.1, 0.15) is 70.0 Å². The molecule has 0 radical (unpaired) electrons. The van der Waals surface area contributed by atoms with Crippen LogP contribution < -0.4 is 0 Å². The monoisotopic (exact) mass is 448 g/mol. The van der Waals surface area contributed by atoms with Crippen molar-refractivity contribution < 1.29 is 29.3 Å². The summed E-state index contributed by atoms with van der Waals surface area (Å²) in [6.07, 6.45) is 2.03. The van der Waals surface area contributed by atoms with Gasteiger partial charge in [0, 0.05) is 12.1 Å². The molecule has 2 aromatic carbocycles. The summed E-state index contributed by atoms with van der Waals surface area (Å²) in [5.41, 5.74) is -0.465. The molecular formula is C24H33O6P. The molecule has 4 unspecified atom stereocenters. The zero-order valence-corrected chi connectivity index (χ0v) is 19.1. The number of fused-ring (bicyclic) bond motifs is 1. The Labute approximate surface area is 183 Å². The number of rotatable bonds is 13. The average molecular weight is 448 g/mol. The van der Waals surface area contributed by atoms with Crippen LogP contribution in [0, 0.1) is 5.92 Å². The third-order valence-electron chi connectivity index (χ3n) is 5.92. The quantitative estimate of drug-likeness (QED) is 0.320. The Morgan fingerprint density at radius 2 is 1.58 bits per heavy atom. The minimum Gasteiger partial charge on any atom is -0.481 e. The lowest BCUT2D eigenvalue weighted by molar-refractivity contribution is -0.143. The fourth-order valence-corrected chi connectivity index (χ4v) is 7.17. The topological polar surface area (TPSA) is 112 Å². The number of carboxylic acids is 2. The van der Waals surface area contributed by atoms with Crippen molar-refractivity contribution in [2.24, 2.45) is 5.92 Å². The Morgan fingerprint density at radius 1 is 0.935 bits per heavy atom. The van der Waals surface area contributed by atoms with Crippen LogP contribution in [-0.2, 0) is 14.2 Å². The molecule has 31 heavy (non-hydrogen) atoms. The van der Waals surface area contributed by atoms with E-state index in [1.54, 1.807) is 0 Å². The van der Waals surface area contributed by atoms with Crippen molar-refractivity contribution in [1.29, 1.82) is 0 Å². The molecule has 0 amide bonds. The zero-order chi connectivity index (χ0) is 23.0. The van der Waals surface area contributed by atoms with E-state index in [1.807, 2.05) is 56.3 Å². The van der Waals surface area contributed by atoms with Crippen LogP contribution in [-0.4, -0.2) is 32.7 Å². The fraction of sp³-hybridized carbons (Fsp3) is 0.500. The minimum atomic E-state index is -3.80. The molecule has 0 aromatic heterocycles. The molecule has 7 heteroatoms. The van der Waals surface area contributed by atoms with E-state index in [1.165, 1.54) is 0 Å². The number of benzene rings is 2. The molecule has 0 saturated heterocycles. The van der Waals surface area contributed by atoms with Crippen molar-refractivity contribution in [1.82, 2.24) is 0 Å². The molecule has 3 N–H and O–H groups in total. The van der Waals surface area contributed by atoms with Crippen molar-refractivity contribution in [2.45, 2.75) is 70.1 Å². The van der Waals surface area contributed by atoms with Crippen molar-refractivity contribution in [2.75, 3.05) is 0 Å². The second-order valence-electron chi connectivity index (χ2n) is 8.23. The highest BCUT2D eigenvalue weighted by Crippen LogP contribution is 2.63. The van der Waals surface area contributed by atoms with E-state index in [0.717, 1.165) is 22.8 Å². The van der Waals surface area contributed by atoms with Gasteiger partial charge in [-0.25, -0.2) is 0 Å². The van der Waals surface area contributed by atoms with Gasteiger partial charge in [0.25, 0.3) is 0 Å². The van der Waals surface area contributed by atoms with Crippen molar-refractivity contribution >= 4 is 30.1 Å². The summed E-state index contributed by atoms with van der Waals surface area (Å²) in [6, 6.07) is 13.7. The first-order chi connectivity index (χ1) is 14.7. The van der Waals surface area contributed by atoms with Gasteiger partial charge in [0.15, 0.2) is 0 Å². The summed E-state index contributed by atoms with van der Waals surface area (Å²) < 4.78 is 13.9. The predicted molar refractivity (Wildman–Crippen MR) is 123 cm³/mol. The summed E-state index contributed by atoms with van der Waals surface area (Å²) in [4.78, 5) is 34.0. The first-order valence-corrected chi connectivity index (χ1v) is 12.8. The Kier molecular flexibility index (Phi) is 9.27. The van der Waals surface area contributed by atoms with Gasteiger partial charge in [-0.2, -0.15) is 0 Å². The first-order valence-electron chi connectivity index (χ1n) is 11.0. The molecule has 4 atom stereocenters. The van der Waals surface area contributed by atoms with Gasteiger partial charge >= 0.3 is 11.9 Å². The number of aliphatic carboxylic acids is 2. The lowest BCUT2D eigenvalue weighted by Crippen LogP contribution is -2.24. The summed E-state index contributed by atoms with van der Waals surface area (Å²) >= 11 is 0. The van der Waals surface area contributed by atoms with Crippen LogP contribution in [0.15, 0.2) is 42.5 Å². The molecule has 0 spiro atoms. The van der Waals surface area contributed by atoms with Crippen molar-refractivity contribution in [3.05, 3.63) is 48.0 Å². The van der Waals surface area contributed by atoms with Gasteiger partial charge in [-0.3, -0.25) is 14.2 Å². The van der Waals surface area contributed by atoms with E-state index in [2.05, 4.69) is 0 Å². The molecule has 2 aromatic rings. The second-order valence-corrected chi connectivity index (χ2v) is 10.9. The van der Waals surface area contributed by atoms with Crippen LogP contribution in [0.25, 0.3) is 10.8 Å². The zero-order valence-electron chi connectivity index (χ0n) is 18.2. The van der Waals surface area contributed by atoms with Gasteiger partial charge in [-0.15, -0.1) is 0 Å². The molecule has 2 rings (SSSR count). The number of carbonyl (C=O) groups is 2. The molecule has 0 aliphatic heterocycles. The van der Waals surface area contributed by atoms with Crippen LogP contribution in [0.3, 0.4) is 0 Å². The lowest BCUT2D eigenvalue weighted by Gasteiger charge is -2.32. The van der Waals surface area contributed by atoms with E-state index in [-0.39, 0.29) is 19.3 Å². The Morgan fingerprint density at radius 3 is 2.16 bits per heavy atom. The summed E-state index contributed by atoms with van der Waals surface area (Å²) in [5, 5.41) is 20.6. The maximum atomic E-state index is 13.9. The molecule has 0 heterocycles. The Bertz CT molecular complexity index is 941. The highest BCUT2D eigenvalue weighted by Gasteiger charge is 2.41. The van der Waals surface area contributed by atoms with Crippen LogP contribution >= 0.6 is 7.37 Å². The summed E-state index contributed by atoms with van der Waals surface area (Å²) in [7, 11) is -3.80. The third-order valence-corrected chi connectivity index (χ3v) is 8.89. The molecule has 0 fully saturated rings. The smallest absolute Gasteiger partial charge is 0.306 e. The minimum absolute atomic E-state index is 0.0119. The van der Waals surface area contributed by atoms with E-state index in [4.69, 9.17) is 5.11 Å². The Hall–Kier alpha value is -2.17. The number of hydrogen-bond donors (Lipinski definition) is 3. The third kappa shape index (κ3) is 6.65. The van der Waals surface area contributed by atoms with Gasteiger partial charge < -0.3 is 15.1 Å². The van der Waals surface area contributed by atoms with Crippen LogP contribution in [0.2, 0.25) is 0 Å². The SMILES string of the molecule is CCCC(CC(CCC(=O)O)C(=O)O)P(=O)(O)C(CCC)c1ccc2ccccc2c1. The summed E-state index contributed by atoms with van der Waals surface area (Å²) in [6.45, 7) is 3.88. The fourth-order valence-electron chi connectivity index (χ4n) is 4.26. The van der Waals surface area contributed by atoms with Gasteiger partial charge in [-0.1, -0.05) is 69.2 Å². The largest absolute Gasteiger partial charge is 0.481 e. The van der Waals surface area contributed by atoms with Crippen LogP contribution in [0.4, 0.5) is 0 Å². The maximum Gasteiger partial charge on any atom is 0.306 e. The van der Waals surface area contributed by atoms with Crippen molar-refractivity contribution in [3.63, 3.8) is 0 Å². The van der Waals surface area contributed by atoms with E-state index >= 15 is 0 Å². The molecular weight excluding hydrogens is 415 g/mol. The van der Waals surface area contributed by atoms with Gasteiger partial charge in [0.2, 0.25) is 7.37 Å². The molecule has 0 aliphatic rings. The standard InChI is InChI=1S/C24H33O6P/c1-3-7-21(16-20(24(27)28)13-14-23(25)26)31(29,30)22(8-4-2)19-12-11-17-9-5-6-10-18(17)15-19/h5-6,9-12,15,20-22H,3-4,7-8,13-14,16H2,1-2H3,(H,25,26)(H,27,28)(H,29,30). The Balaban J connectivity index is 2.39.